The molecule has 1 spiro atoms. The zero-order chi connectivity index (χ0) is 20.4. The first-order valence-corrected chi connectivity index (χ1v) is 10.2. The lowest BCUT2D eigenvalue weighted by Gasteiger charge is -2.30. The number of imide groups is 1. The molecule has 1 heterocycles. The number of fused-ring (bicyclic) bond motifs is 1. The average molecular weight is 394 g/mol. The minimum absolute atomic E-state index is 0.00193. The minimum atomic E-state index is -0.839. The summed E-state index contributed by atoms with van der Waals surface area (Å²) in [6.07, 6.45) is 4.12. The molecule has 7 heteroatoms. The van der Waals surface area contributed by atoms with Crippen LogP contribution in [0.4, 0.5) is 4.79 Å². The van der Waals surface area contributed by atoms with Crippen LogP contribution in [0.5, 0.6) is 0 Å². The molecule has 2 aromatic rings. The molecule has 152 valence electrons. The number of carbonyl (C=O) groups excluding carboxylic acids is 3. The summed E-state index contributed by atoms with van der Waals surface area (Å²) in [6, 6.07) is 13.7. The minimum Gasteiger partial charge on any atom is -0.322 e. The fourth-order valence-electron chi connectivity index (χ4n) is 4.22. The highest BCUT2D eigenvalue weighted by Gasteiger charge is 2.52. The van der Waals surface area contributed by atoms with E-state index in [1.807, 2.05) is 25.1 Å². The van der Waals surface area contributed by atoms with Crippen molar-refractivity contribution in [2.45, 2.75) is 50.6 Å². The number of nitrogens with one attached hydrogen (secondary N) is 3. The Balaban J connectivity index is 1.34. The number of urea groups is 1. The Bertz CT molecular complexity index is 952. The van der Waals surface area contributed by atoms with Crippen LogP contribution in [0.1, 0.15) is 50.6 Å². The molecule has 4 amide bonds. The van der Waals surface area contributed by atoms with Crippen LogP contribution in [-0.4, -0.2) is 34.9 Å². The molecular weight excluding hydrogens is 368 g/mol. The fraction of sp³-hybridized carbons (Fsp3) is 0.409. The summed E-state index contributed by atoms with van der Waals surface area (Å²) in [4.78, 5) is 37.3. The largest absolute Gasteiger partial charge is 0.344 e. The van der Waals surface area contributed by atoms with Crippen LogP contribution in [0, 0.1) is 0 Å². The van der Waals surface area contributed by atoms with Crippen molar-refractivity contribution in [1.82, 2.24) is 21.1 Å². The van der Waals surface area contributed by atoms with Crippen molar-refractivity contribution in [3.8, 4) is 0 Å². The van der Waals surface area contributed by atoms with Gasteiger partial charge in [0.05, 0.1) is 6.54 Å². The van der Waals surface area contributed by atoms with E-state index >= 15 is 0 Å². The second kappa shape index (κ2) is 7.83. The number of benzene rings is 2. The standard InChI is InChI=1S/C22H26N4O3/c1-15(17-10-9-16-7-3-4-8-18(16)13-17)23-14-19(27)25-26-20(28)22(24-21(26)29)11-5-2-6-12-22/h3-4,7-10,13,15,23H,2,5-6,11-12,14H2,1H3,(H,24,29)(H,25,27). The molecule has 0 aromatic heterocycles. The van der Waals surface area contributed by atoms with E-state index in [9.17, 15) is 14.4 Å². The smallest absolute Gasteiger partial charge is 0.322 e. The van der Waals surface area contributed by atoms with Gasteiger partial charge in [-0.1, -0.05) is 55.7 Å². The summed E-state index contributed by atoms with van der Waals surface area (Å²) in [7, 11) is 0. The van der Waals surface area contributed by atoms with Crippen LogP contribution in [0.2, 0.25) is 0 Å². The Hall–Kier alpha value is -2.93. The Morgan fingerprint density at radius 1 is 1.10 bits per heavy atom. The first-order chi connectivity index (χ1) is 14.0. The van der Waals surface area contributed by atoms with E-state index in [0.29, 0.717) is 12.8 Å². The van der Waals surface area contributed by atoms with Crippen molar-refractivity contribution < 1.29 is 14.4 Å². The van der Waals surface area contributed by atoms with Crippen molar-refractivity contribution in [2.75, 3.05) is 6.54 Å². The lowest BCUT2D eigenvalue weighted by atomic mass is 9.82. The van der Waals surface area contributed by atoms with Crippen molar-refractivity contribution in [1.29, 1.82) is 0 Å². The number of hydrogen-bond acceptors (Lipinski definition) is 4. The summed E-state index contributed by atoms with van der Waals surface area (Å²) in [5, 5.41) is 9.09. The number of hydrazine groups is 1. The molecule has 2 aliphatic rings. The average Bonchev–Trinajstić information content (AvgIpc) is 2.96. The van der Waals surface area contributed by atoms with E-state index in [4.69, 9.17) is 0 Å². The molecule has 3 N–H and O–H groups in total. The van der Waals surface area contributed by atoms with Crippen LogP contribution >= 0.6 is 0 Å². The van der Waals surface area contributed by atoms with E-state index in [-0.39, 0.29) is 18.5 Å². The number of carbonyl (C=O) groups is 3. The highest BCUT2D eigenvalue weighted by Crippen LogP contribution is 2.33. The normalized spacial score (nSPS) is 19.4. The van der Waals surface area contributed by atoms with E-state index < -0.39 is 17.5 Å². The molecular formula is C22H26N4O3. The first-order valence-electron chi connectivity index (χ1n) is 10.2. The SMILES string of the molecule is CC(NCC(=O)NN1C(=O)NC2(CCCCC2)C1=O)c1ccc2ccccc2c1. The van der Waals surface area contributed by atoms with Gasteiger partial charge in [-0.25, -0.2) is 4.79 Å². The molecule has 2 aromatic carbocycles. The van der Waals surface area contributed by atoms with E-state index in [1.54, 1.807) is 0 Å². The van der Waals surface area contributed by atoms with Crippen molar-refractivity contribution >= 4 is 28.6 Å². The third kappa shape index (κ3) is 3.82. The van der Waals surface area contributed by atoms with Gasteiger partial charge in [0.15, 0.2) is 0 Å². The van der Waals surface area contributed by atoms with Crippen LogP contribution in [0.25, 0.3) is 10.8 Å². The highest BCUT2D eigenvalue weighted by molar-refractivity contribution is 6.08. The molecule has 0 bridgehead atoms. The van der Waals surface area contributed by atoms with Crippen LogP contribution in [-0.2, 0) is 9.59 Å². The first kappa shape index (κ1) is 19.4. The Labute approximate surface area is 169 Å². The maximum atomic E-state index is 12.7. The molecule has 1 aliphatic carbocycles. The molecule has 1 aliphatic heterocycles. The second-order valence-corrected chi connectivity index (χ2v) is 7.96. The van der Waals surface area contributed by atoms with Gasteiger partial charge in [0.2, 0.25) is 0 Å². The second-order valence-electron chi connectivity index (χ2n) is 7.96. The predicted octanol–water partition coefficient (Wildman–Crippen LogP) is 2.78. The maximum absolute atomic E-state index is 12.7. The Morgan fingerprint density at radius 2 is 1.83 bits per heavy atom. The summed E-state index contributed by atoms with van der Waals surface area (Å²) < 4.78 is 0. The summed E-state index contributed by atoms with van der Waals surface area (Å²) in [6.45, 7) is 1.97. The Kier molecular flexibility index (Phi) is 5.24. The van der Waals surface area contributed by atoms with E-state index in [1.165, 1.54) is 0 Å². The van der Waals surface area contributed by atoms with Gasteiger partial charge in [-0.2, -0.15) is 5.01 Å². The molecule has 1 saturated carbocycles. The quantitative estimate of drug-likeness (QED) is 0.680. The van der Waals surface area contributed by atoms with Crippen LogP contribution < -0.4 is 16.1 Å². The van der Waals surface area contributed by atoms with Crippen LogP contribution in [0.15, 0.2) is 42.5 Å². The molecule has 0 radical (unpaired) electrons. The molecule has 4 rings (SSSR count). The summed E-state index contributed by atoms with van der Waals surface area (Å²) >= 11 is 0. The number of rotatable bonds is 5. The van der Waals surface area contributed by atoms with Gasteiger partial charge in [-0.05, 0) is 42.2 Å². The van der Waals surface area contributed by atoms with Gasteiger partial charge in [0.1, 0.15) is 5.54 Å². The fourth-order valence-corrected chi connectivity index (χ4v) is 4.22. The topological polar surface area (TPSA) is 90.5 Å². The predicted molar refractivity (Wildman–Crippen MR) is 110 cm³/mol. The van der Waals surface area contributed by atoms with Crippen molar-refractivity contribution in [3.05, 3.63) is 48.0 Å². The molecule has 1 unspecified atom stereocenters. The summed E-state index contributed by atoms with van der Waals surface area (Å²) in [5.74, 6) is -0.771. The molecule has 2 fully saturated rings. The molecule has 1 atom stereocenters. The Morgan fingerprint density at radius 3 is 2.59 bits per heavy atom. The molecule has 7 nitrogen and oxygen atoms in total. The van der Waals surface area contributed by atoms with Crippen molar-refractivity contribution in [2.24, 2.45) is 0 Å². The number of nitrogens with zero attached hydrogens (tertiary/aromatic N) is 1. The van der Waals surface area contributed by atoms with Crippen molar-refractivity contribution in [3.63, 3.8) is 0 Å². The summed E-state index contributed by atoms with van der Waals surface area (Å²) in [5.41, 5.74) is 2.68. The van der Waals surface area contributed by atoms with Gasteiger partial charge >= 0.3 is 6.03 Å². The molecule has 1 saturated heterocycles. The molecule has 29 heavy (non-hydrogen) atoms. The zero-order valence-electron chi connectivity index (χ0n) is 16.5. The van der Waals surface area contributed by atoms with Gasteiger partial charge in [0, 0.05) is 6.04 Å². The number of amides is 4. The lowest BCUT2D eigenvalue weighted by molar-refractivity contribution is -0.139. The van der Waals surface area contributed by atoms with E-state index in [2.05, 4.69) is 40.3 Å². The third-order valence-electron chi connectivity index (χ3n) is 5.95. The van der Waals surface area contributed by atoms with E-state index in [0.717, 1.165) is 40.6 Å². The highest BCUT2D eigenvalue weighted by atomic mass is 16.2. The van der Waals surface area contributed by atoms with Gasteiger partial charge in [-0.15, -0.1) is 0 Å². The lowest BCUT2D eigenvalue weighted by Crippen LogP contribution is -2.52. The monoisotopic (exact) mass is 394 g/mol. The van der Waals surface area contributed by atoms with Gasteiger partial charge in [0.25, 0.3) is 11.8 Å². The van der Waals surface area contributed by atoms with Crippen LogP contribution in [0.3, 0.4) is 0 Å². The maximum Gasteiger partial charge on any atom is 0.344 e. The van der Waals surface area contributed by atoms with Gasteiger partial charge in [-0.3, -0.25) is 15.0 Å². The zero-order valence-corrected chi connectivity index (χ0v) is 16.5. The third-order valence-corrected chi connectivity index (χ3v) is 5.95. The van der Waals surface area contributed by atoms with Gasteiger partial charge < -0.3 is 10.6 Å². The number of hydrogen-bond donors (Lipinski definition) is 3.